The van der Waals surface area contributed by atoms with Crippen LogP contribution in [0.5, 0.6) is 0 Å². The molecule has 0 atom stereocenters. The molecule has 1 aromatic carbocycles. The Kier molecular flexibility index (Phi) is 3.34. The number of carboxylic acid groups (broad SMARTS) is 1. The third kappa shape index (κ3) is 2.59. The van der Waals surface area contributed by atoms with Crippen molar-refractivity contribution in [3.8, 4) is 6.07 Å². The van der Waals surface area contributed by atoms with E-state index < -0.39 is 5.97 Å². The summed E-state index contributed by atoms with van der Waals surface area (Å²) in [7, 11) is 0. The quantitative estimate of drug-likeness (QED) is 0.928. The van der Waals surface area contributed by atoms with Crippen LogP contribution < -0.4 is 4.90 Å². The van der Waals surface area contributed by atoms with Gasteiger partial charge in [-0.2, -0.15) is 5.26 Å². The number of carbonyl (C=O) groups is 1. The molecule has 0 unspecified atom stereocenters. The predicted molar refractivity (Wildman–Crippen MR) is 66.8 cm³/mol. The smallest absolute Gasteiger partial charge is 0.303 e. The molecule has 5 heteroatoms. The van der Waals surface area contributed by atoms with E-state index >= 15 is 0 Å². The van der Waals surface area contributed by atoms with Crippen molar-refractivity contribution in [3.63, 3.8) is 0 Å². The lowest BCUT2D eigenvalue weighted by Crippen LogP contribution is -2.47. The molecule has 1 aliphatic rings. The summed E-state index contributed by atoms with van der Waals surface area (Å²) in [6, 6.07) is 7.51. The second-order valence-electron chi connectivity index (χ2n) is 4.15. The highest BCUT2D eigenvalue weighted by atomic mass is 79.9. The van der Waals surface area contributed by atoms with Gasteiger partial charge in [-0.05, 0) is 34.1 Å². The highest BCUT2D eigenvalue weighted by Gasteiger charge is 2.29. The van der Waals surface area contributed by atoms with Crippen molar-refractivity contribution in [1.82, 2.24) is 0 Å². The van der Waals surface area contributed by atoms with Crippen molar-refractivity contribution in [2.24, 2.45) is 5.92 Å². The van der Waals surface area contributed by atoms with Gasteiger partial charge in [0, 0.05) is 23.5 Å². The van der Waals surface area contributed by atoms with E-state index in [1.807, 2.05) is 6.07 Å². The van der Waals surface area contributed by atoms with Gasteiger partial charge in [-0.1, -0.05) is 0 Å². The number of nitrogens with zero attached hydrogens (tertiary/aromatic N) is 2. The number of halogens is 1. The lowest BCUT2D eigenvalue weighted by atomic mass is 9.95. The maximum absolute atomic E-state index is 10.5. The minimum atomic E-state index is -0.742. The van der Waals surface area contributed by atoms with E-state index in [1.165, 1.54) is 0 Å². The second-order valence-corrected chi connectivity index (χ2v) is 5.00. The van der Waals surface area contributed by atoms with E-state index in [0.717, 1.165) is 23.2 Å². The number of rotatable bonds is 3. The average Bonchev–Trinajstić information content (AvgIpc) is 2.23. The first-order chi connectivity index (χ1) is 8.10. The zero-order valence-corrected chi connectivity index (χ0v) is 10.6. The maximum atomic E-state index is 10.5. The van der Waals surface area contributed by atoms with Crippen LogP contribution in [0, 0.1) is 17.2 Å². The van der Waals surface area contributed by atoms with Crippen LogP contribution in [-0.2, 0) is 4.79 Å². The summed E-state index contributed by atoms with van der Waals surface area (Å²) in [4.78, 5) is 12.6. The maximum Gasteiger partial charge on any atom is 0.303 e. The summed E-state index contributed by atoms with van der Waals surface area (Å²) >= 11 is 3.42. The van der Waals surface area contributed by atoms with Gasteiger partial charge in [0.15, 0.2) is 0 Å². The molecule has 1 aliphatic heterocycles. The molecule has 17 heavy (non-hydrogen) atoms. The van der Waals surface area contributed by atoms with E-state index in [1.54, 1.807) is 12.1 Å². The third-order valence-electron chi connectivity index (χ3n) is 2.84. The van der Waals surface area contributed by atoms with Crippen LogP contribution in [0.4, 0.5) is 5.69 Å². The van der Waals surface area contributed by atoms with Crippen molar-refractivity contribution in [1.29, 1.82) is 5.26 Å². The van der Waals surface area contributed by atoms with Crippen LogP contribution in [-0.4, -0.2) is 24.2 Å². The first-order valence-corrected chi connectivity index (χ1v) is 6.06. The van der Waals surface area contributed by atoms with Crippen molar-refractivity contribution >= 4 is 27.6 Å². The highest BCUT2D eigenvalue weighted by Crippen LogP contribution is 2.33. The molecule has 0 bridgehead atoms. The lowest BCUT2D eigenvalue weighted by Gasteiger charge is -2.41. The molecule has 1 N–H and O–H groups in total. The fourth-order valence-corrected chi connectivity index (χ4v) is 2.61. The minimum absolute atomic E-state index is 0.227. The zero-order chi connectivity index (χ0) is 12.4. The summed E-state index contributed by atoms with van der Waals surface area (Å²) < 4.78 is 0.880. The van der Waals surface area contributed by atoms with Gasteiger partial charge in [-0.25, -0.2) is 0 Å². The van der Waals surface area contributed by atoms with Crippen LogP contribution in [0.2, 0.25) is 0 Å². The topological polar surface area (TPSA) is 64.3 Å². The van der Waals surface area contributed by atoms with Crippen molar-refractivity contribution in [3.05, 3.63) is 28.2 Å². The van der Waals surface area contributed by atoms with Crippen LogP contribution in [0.3, 0.4) is 0 Å². The molecule has 88 valence electrons. The molecule has 0 aromatic heterocycles. The molecule has 1 saturated heterocycles. The lowest BCUT2D eigenvalue weighted by molar-refractivity contribution is -0.138. The SMILES string of the molecule is N#Cc1ccc(N2CC(CC(=O)O)C2)c(Br)c1. The predicted octanol–water partition coefficient (Wildman–Crippen LogP) is 2.23. The number of nitriles is 1. The number of carboxylic acids is 1. The average molecular weight is 295 g/mol. The van der Waals surface area contributed by atoms with E-state index in [9.17, 15) is 4.79 Å². The Hall–Kier alpha value is -1.54. The summed E-state index contributed by atoms with van der Waals surface area (Å²) in [6.45, 7) is 1.52. The van der Waals surface area contributed by atoms with Gasteiger partial charge < -0.3 is 10.0 Å². The highest BCUT2D eigenvalue weighted by molar-refractivity contribution is 9.10. The standard InChI is InChI=1S/C12H11BrN2O2/c13-10-3-8(5-14)1-2-11(10)15-6-9(7-15)4-12(16)17/h1-3,9H,4,6-7H2,(H,16,17). The van der Waals surface area contributed by atoms with Gasteiger partial charge in [0.2, 0.25) is 0 Å². The number of benzene rings is 1. The van der Waals surface area contributed by atoms with E-state index in [4.69, 9.17) is 10.4 Å². The van der Waals surface area contributed by atoms with Gasteiger partial charge in [-0.15, -0.1) is 0 Å². The van der Waals surface area contributed by atoms with Gasteiger partial charge >= 0.3 is 5.97 Å². The Morgan fingerprint density at radius 2 is 2.29 bits per heavy atom. The molecule has 0 spiro atoms. The van der Waals surface area contributed by atoms with Gasteiger partial charge in [0.05, 0.1) is 23.7 Å². The van der Waals surface area contributed by atoms with Gasteiger partial charge in [-0.3, -0.25) is 4.79 Å². The van der Waals surface area contributed by atoms with Gasteiger partial charge in [0.1, 0.15) is 0 Å². The number of hydrogen-bond donors (Lipinski definition) is 1. The third-order valence-corrected chi connectivity index (χ3v) is 3.47. The summed E-state index contributed by atoms with van der Waals surface area (Å²) in [5.41, 5.74) is 1.63. The monoisotopic (exact) mass is 294 g/mol. The van der Waals surface area contributed by atoms with Crippen LogP contribution in [0.15, 0.2) is 22.7 Å². The number of hydrogen-bond acceptors (Lipinski definition) is 3. The molecule has 4 nitrogen and oxygen atoms in total. The largest absolute Gasteiger partial charge is 0.481 e. The van der Waals surface area contributed by atoms with Gasteiger partial charge in [0.25, 0.3) is 0 Å². The van der Waals surface area contributed by atoms with E-state index in [2.05, 4.69) is 26.9 Å². The summed E-state index contributed by atoms with van der Waals surface area (Å²) in [5.74, 6) is -0.511. The normalized spacial score (nSPS) is 15.2. The Morgan fingerprint density at radius 1 is 1.59 bits per heavy atom. The Bertz CT molecular complexity index is 490. The number of aliphatic carboxylic acids is 1. The molecule has 0 saturated carbocycles. The fourth-order valence-electron chi connectivity index (χ4n) is 1.98. The molecule has 0 aliphatic carbocycles. The Morgan fingerprint density at radius 3 is 2.82 bits per heavy atom. The Labute approximate surface area is 108 Å². The molecule has 1 fully saturated rings. The first-order valence-electron chi connectivity index (χ1n) is 5.26. The molecule has 1 heterocycles. The molecule has 0 radical (unpaired) electrons. The molecule has 2 rings (SSSR count). The number of anilines is 1. The first kappa shape index (κ1) is 11.9. The van der Waals surface area contributed by atoms with Crippen LogP contribution in [0.1, 0.15) is 12.0 Å². The van der Waals surface area contributed by atoms with Crippen molar-refractivity contribution < 1.29 is 9.90 Å². The second kappa shape index (κ2) is 4.76. The summed E-state index contributed by atoms with van der Waals surface area (Å²) in [5, 5.41) is 17.4. The van der Waals surface area contributed by atoms with Crippen molar-refractivity contribution in [2.75, 3.05) is 18.0 Å². The van der Waals surface area contributed by atoms with E-state index in [-0.39, 0.29) is 12.3 Å². The Balaban J connectivity index is 2.02. The fraction of sp³-hybridized carbons (Fsp3) is 0.333. The molecular formula is C12H11BrN2O2. The zero-order valence-electron chi connectivity index (χ0n) is 9.06. The molecule has 0 amide bonds. The molecule has 1 aromatic rings. The molecular weight excluding hydrogens is 284 g/mol. The van der Waals surface area contributed by atoms with E-state index in [0.29, 0.717) is 5.56 Å². The summed E-state index contributed by atoms with van der Waals surface area (Å²) in [6.07, 6.45) is 0.227. The van der Waals surface area contributed by atoms with Crippen molar-refractivity contribution in [2.45, 2.75) is 6.42 Å². The van der Waals surface area contributed by atoms with Crippen LogP contribution in [0.25, 0.3) is 0 Å². The van der Waals surface area contributed by atoms with Crippen LogP contribution >= 0.6 is 15.9 Å². The minimum Gasteiger partial charge on any atom is -0.481 e.